The molecule has 7 heteroatoms. The topological polar surface area (TPSA) is 72.9 Å². The van der Waals surface area contributed by atoms with Crippen molar-refractivity contribution >= 4 is 17.8 Å². The summed E-state index contributed by atoms with van der Waals surface area (Å²) in [6.07, 6.45) is 0.414. The van der Waals surface area contributed by atoms with Gasteiger partial charge in [-0.25, -0.2) is 9.18 Å². The van der Waals surface area contributed by atoms with Gasteiger partial charge in [0.25, 0.3) is 11.8 Å². The lowest BCUT2D eigenvalue weighted by Gasteiger charge is -2.20. The van der Waals surface area contributed by atoms with Crippen LogP contribution in [0.5, 0.6) is 5.75 Å². The van der Waals surface area contributed by atoms with E-state index in [0.717, 1.165) is 10.5 Å². The van der Waals surface area contributed by atoms with E-state index in [-0.39, 0.29) is 19.0 Å². The van der Waals surface area contributed by atoms with Crippen molar-refractivity contribution in [3.05, 3.63) is 65.0 Å². The summed E-state index contributed by atoms with van der Waals surface area (Å²) in [4.78, 5) is 38.2. The first kappa shape index (κ1) is 19.5. The van der Waals surface area contributed by atoms with Crippen LogP contribution in [0.15, 0.2) is 42.5 Å². The van der Waals surface area contributed by atoms with Gasteiger partial charge in [0, 0.05) is 6.42 Å². The average Bonchev–Trinajstić information content (AvgIpc) is 2.92. The molecule has 0 spiro atoms. The Bertz CT molecular complexity index is 910. The molecule has 1 aliphatic rings. The average molecular weight is 385 g/mol. The largest absolute Gasteiger partial charge is 0.493 e. The molecule has 1 heterocycles. The quantitative estimate of drug-likeness (QED) is 0.416. The van der Waals surface area contributed by atoms with Crippen LogP contribution < -0.4 is 4.74 Å². The van der Waals surface area contributed by atoms with Gasteiger partial charge in [-0.2, -0.15) is 0 Å². The van der Waals surface area contributed by atoms with Crippen molar-refractivity contribution in [3.8, 4) is 5.75 Å². The van der Waals surface area contributed by atoms with Crippen molar-refractivity contribution in [2.45, 2.75) is 26.3 Å². The van der Waals surface area contributed by atoms with E-state index < -0.39 is 23.8 Å². The molecule has 0 radical (unpaired) electrons. The molecule has 6 nitrogen and oxygen atoms in total. The minimum atomic E-state index is -1.02. The van der Waals surface area contributed by atoms with Crippen LogP contribution in [0.4, 0.5) is 4.39 Å². The molecule has 1 unspecified atom stereocenters. The first-order chi connectivity index (χ1) is 13.4. The fourth-order valence-electron chi connectivity index (χ4n) is 2.90. The molecule has 0 fully saturated rings. The Morgan fingerprint density at radius 2 is 1.71 bits per heavy atom. The third-order valence-electron chi connectivity index (χ3n) is 4.42. The third-order valence-corrected chi connectivity index (χ3v) is 4.42. The Hall–Kier alpha value is -3.22. The van der Waals surface area contributed by atoms with Crippen molar-refractivity contribution in [1.29, 1.82) is 0 Å². The zero-order chi connectivity index (χ0) is 20.3. The summed E-state index contributed by atoms with van der Waals surface area (Å²) in [5.41, 5.74) is 1.46. The molecule has 146 valence electrons. The maximum atomic E-state index is 12.8. The van der Waals surface area contributed by atoms with E-state index >= 15 is 0 Å². The van der Waals surface area contributed by atoms with Crippen molar-refractivity contribution in [1.82, 2.24) is 4.90 Å². The molecule has 2 amide bonds. The van der Waals surface area contributed by atoms with Gasteiger partial charge in [-0.3, -0.25) is 14.5 Å². The van der Waals surface area contributed by atoms with Crippen molar-refractivity contribution in [3.63, 3.8) is 0 Å². The van der Waals surface area contributed by atoms with Crippen LogP contribution in [0.2, 0.25) is 0 Å². The summed E-state index contributed by atoms with van der Waals surface area (Å²) >= 11 is 0. The standard InChI is InChI=1S/C21H20FNO5/c1-13-4-9-17-18(12-13)20(25)23(19(17)24)14(2)21(26)28-11-3-10-27-16-7-5-15(22)6-8-16/h4-9,12,14H,3,10-11H2,1-2H3. The van der Waals surface area contributed by atoms with E-state index in [1.807, 2.05) is 6.92 Å². The number of carbonyl (C=O) groups is 3. The second-order valence-electron chi connectivity index (χ2n) is 6.53. The first-order valence-electron chi connectivity index (χ1n) is 8.92. The molecule has 0 aromatic heterocycles. The summed E-state index contributed by atoms with van der Waals surface area (Å²) in [7, 11) is 0. The molecule has 0 saturated heterocycles. The highest BCUT2D eigenvalue weighted by Crippen LogP contribution is 2.26. The molecule has 2 aromatic rings. The molecule has 1 atom stereocenters. The fourth-order valence-corrected chi connectivity index (χ4v) is 2.90. The van der Waals surface area contributed by atoms with E-state index in [9.17, 15) is 18.8 Å². The number of carbonyl (C=O) groups excluding carboxylic acids is 3. The van der Waals surface area contributed by atoms with Crippen LogP contribution in [0.3, 0.4) is 0 Å². The second-order valence-corrected chi connectivity index (χ2v) is 6.53. The molecule has 0 aliphatic carbocycles. The highest BCUT2D eigenvalue weighted by Gasteiger charge is 2.41. The molecule has 1 aliphatic heterocycles. The fraction of sp³-hybridized carbons (Fsp3) is 0.286. The number of hydrogen-bond donors (Lipinski definition) is 0. The summed E-state index contributed by atoms with van der Waals surface area (Å²) < 4.78 is 23.4. The normalized spacial score (nSPS) is 14.0. The van der Waals surface area contributed by atoms with Crippen LogP contribution in [-0.2, 0) is 9.53 Å². The summed E-state index contributed by atoms with van der Waals surface area (Å²) in [5.74, 6) is -1.48. The Kier molecular flexibility index (Phi) is 5.73. The number of ether oxygens (including phenoxy) is 2. The van der Waals surface area contributed by atoms with E-state index in [4.69, 9.17) is 9.47 Å². The molecular formula is C21H20FNO5. The molecular weight excluding hydrogens is 365 g/mol. The molecule has 0 saturated carbocycles. The molecule has 0 N–H and O–H groups in total. The lowest BCUT2D eigenvalue weighted by atomic mass is 10.1. The number of aryl methyl sites for hydroxylation is 1. The van der Waals surface area contributed by atoms with E-state index in [2.05, 4.69) is 0 Å². The Morgan fingerprint density at radius 1 is 1.04 bits per heavy atom. The number of esters is 1. The number of nitrogens with zero attached hydrogens (tertiary/aromatic N) is 1. The summed E-state index contributed by atoms with van der Waals surface area (Å²) in [6, 6.07) is 9.56. The number of halogens is 1. The molecule has 0 bridgehead atoms. The highest BCUT2D eigenvalue weighted by molar-refractivity contribution is 6.22. The Labute approximate surface area is 161 Å². The summed E-state index contributed by atoms with van der Waals surface area (Å²) in [6.45, 7) is 3.64. The van der Waals surface area contributed by atoms with Crippen LogP contribution >= 0.6 is 0 Å². The number of rotatable bonds is 7. The number of amides is 2. The van der Waals surface area contributed by atoms with Gasteiger partial charge in [-0.1, -0.05) is 11.6 Å². The van der Waals surface area contributed by atoms with Crippen molar-refractivity contribution in [2.24, 2.45) is 0 Å². The van der Waals surface area contributed by atoms with Gasteiger partial charge in [-0.15, -0.1) is 0 Å². The predicted octanol–water partition coefficient (Wildman–Crippen LogP) is 3.13. The Morgan fingerprint density at radius 3 is 2.43 bits per heavy atom. The number of imide groups is 1. The van der Waals surface area contributed by atoms with Crippen LogP contribution in [0.25, 0.3) is 0 Å². The van der Waals surface area contributed by atoms with Gasteiger partial charge in [0.1, 0.15) is 17.6 Å². The van der Waals surface area contributed by atoms with Gasteiger partial charge in [-0.05, 0) is 50.2 Å². The zero-order valence-corrected chi connectivity index (χ0v) is 15.6. The maximum absolute atomic E-state index is 12.8. The lowest BCUT2D eigenvalue weighted by molar-refractivity contribution is -0.147. The number of fused-ring (bicyclic) bond motifs is 1. The van der Waals surface area contributed by atoms with Gasteiger partial charge < -0.3 is 9.47 Å². The van der Waals surface area contributed by atoms with Gasteiger partial charge in [0.2, 0.25) is 0 Å². The highest BCUT2D eigenvalue weighted by atomic mass is 19.1. The first-order valence-corrected chi connectivity index (χ1v) is 8.92. The van der Waals surface area contributed by atoms with Gasteiger partial charge in [0.15, 0.2) is 0 Å². The molecule has 3 rings (SSSR count). The zero-order valence-electron chi connectivity index (χ0n) is 15.6. The van der Waals surface area contributed by atoms with Crippen LogP contribution in [-0.4, -0.2) is 41.9 Å². The molecule has 28 heavy (non-hydrogen) atoms. The van der Waals surface area contributed by atoms with Gasteiger partial charge >= 0.3 is 5.97 Å². The van der Waals surface area contributed by atoms with Crippen molar-refractivity contribution < 1.29 is 28.2 Å². The number of benzene rings is 2. The minimum Gasteiger partial charge on any atom is -0.493 e. The van der Waals surface area contributed by atoms with Crippen LogP contribution in [0, 0.1) is 12.7 Å². The Balaban J connectivity index is 1.49. The smallest absolute Gasteiger partial charge is 0.329 e. The number of hydrogen-bond acceptors (Lipinski definition) is 5. The van der Waals surface area contributed by atoms with E-state index in [0.29, 0.717) is 23.3 Å². The van der Waals surface area contributed by atoms with E-state index in [1.54, 1.807) is 18.2 Å². The lowest BCUT2D eigenvalue weighted by Crippen LogP contribution is -2.43. The monoisotopic (exact) mass is 385 g/mol. The second kappa shape index (κ2) is 8.21. The minimum absolute atomic E-state index is 0.0760. The van der Waals surface area contributed by atoms with Crippen molar-refractivity contribution in [2.75, 3.05) is 13.2 Å². The molecule has 2 aromatic carbocycles. The van der Waals surface area contributed by atoms with Crippen LogP contribution in [0.1, 0.15) is 39.6 Å². The third kappa shape index (κ3) is 4.03. The predicted molar refractivity (Wildman–Crippen MR) is 98.6 cm³/mol. The SMILES string of the molecule is Cc1ccc2c(c1)C(=O)N(C(C)C(=O)OCCCOc1ccc(F)cc1)C2=O. The maximum Gasteiger partial charge on any atom is 0.329 e. The van der Waals surface area contributed by atoms with E-state index in [1.165, 1.54) is 31.2 Å². The van der Waals surface area contributed by atoms with Gasteiger partial charge in [0.05, 0.1) is 24.3 Å². The summed E-state index contributed by atoms with van der Waals surface area (Å²) in [5, 5.41) is 0.